The molecule has 0 amide bonds. The molecule has 0 aliphatic carbocycles. The Morgan fingerprint density at radius 1 is 1.31 bits per heavy atom. The molecule has 1 aliphatic rings. The van der Waals surface area contributed by atoms with E-state index in [0.717, 1.165) is 24.6 Å². The minimum Gasteiger partial charge on any atom is -0.396 e. The fourth-order valence-corrected chi connectivity index (χ4v) is 1.60. The lowest BCUT2D eigenvalue weighted by atomic mass is 10.4. The molecule has 1 fully saturated rings. The van der Waals surface area contributed by atoms with Gasteiger partial charge in [0.1, 0.15) is 0 Å². The van der Waals surface area contributed by atoms with Crippen LogP contribution in [0.2, 0.25) is 0 Å². The van der Waals surface area contributed by atoms with Crippen molar-refractivity contribution >= 4 is 23.9 Å². The van der Waals surface area contributed by atoms with Gasteiger partial charge in [-0.15, -0.1) is 12.4 Å². The van der Waals surface area contributed by atoms with Crippen molar-refractivity contribution in [2.45, 2.75) is 12.8 Å². The molecule has 1 aliphatic heterocycles. The van der Waals surface area contributed by atoms with Crippen molar-refractivity contribution in [3.8, 4) is 0 Å². The summed E-state index contributed by atoms with van der Waals surface area (Å²) in [6.45, 7) is 2.20. The van der Waals surface area contributed by atoms with E-state index >= 15 is 0 Å². The zero-order valence-corrected chi connectivity index (χ0v) is 8.26. The molecule has 0 aromatic carbocycles. The van der Waals surface area contributed by atoms with Crippen LogP contribution in [0.25, 0.3) is 0 Å². The van der Waals surface area contributed by atoms with Gasteiger partial charge >= 0.3 is 0 Å². The molecule has 0 bridgehead atoms. The molecule has 2 N–H and O–H groups in total. The smallest absolute Gasteiger partial charge is 0.151 e. The lowest BCUT2D eigenvalue weighted by Gasteiger charge is -2.17. The lowest BCUT2D eigenvalue weighted by Crippen LogP contribution is -2.20. The number of rotatable bonds is 1. The Balaban J connectivity index is 0.000000845. The number of hydrogen-bond acceptors (Lipinski definition) is 3. The van der Waals surface area contributed by atoms with Crippen LogP contribution in [0.1, 0.15) is 12.8 Å². The van der Waals surface area contributed by atoms with Crippen molar-refractivity contribution < 1.29 is 0 Å². The van der Waals surface area contributed by atoms with Crippen molar-refractivity contribution in [3.63, 3.8) is 0 Å². The second kappa shape index (κ2) is 4.33. The van der Waals surface area contributed by atoms with Gasteiger partial charge in [0.05, 0.1) is 5.69 Å². The zero-order valence-electron chi connectivity index (χ0n) is 7.44. The van der Waals surface area contributed by atoms with Gasteiger partial charge in [0.15, 0.2) is 5.82 Å². The monoisotopic (exact) mass is 199 g/mol. The first-order valence-electron chi connectivity index (χ1n) is 4.33. The first kappa shape index (κ1) is 10.1. The summed E-state index contributed by atoms with van der Waals surface area (Å²) < 4.78 is 0. The average molecular weight is 200 g/mol. The quantitative estimate of drug-likeness (QED) is 0.749. The van der Waals surface area contributed by atoms with Gasteiger partial charge in [-0.3, -0.25) is 0 Å². The van der Waals surface area contributed by atoms with Crippen LogP contribution in [0.4, 0.5) is 11.5 Å². The normalized spacial score (nSPS) is 15.5. The van der Waals surface area contributed by atoms with Crippen LogP contribution in [0.5, 0.6) is 0 Å². The summed E-state index contributed by atoms with van der Waals surface area (Å²) in [4.78, 5) is 6.51. The number of nitrogens with two attached hydrogens (primary N) is 1. The number of nitrogen functional groups attached to an aromatic ring is 1. The molecule has 2 heterocycles. The minimum atomic E-state index is 0. The molecule has 72 valence electrons. The molecule has 2 rings (SSSR count). The maximum Gasteiger partial charge on any atom is 0.151 e. The third kappa shape index (κ3) is 2.04. The summed E-state index contributed by atoms with van der Waals surface area (Å²) in [6, 6.07) is 3.77. The van der Waals surface area contributed by atoms with Crippen LogP contribution in [-0.4, -0.2) is 18.1 Å². The van der Waals surface area contributed by atoms with Gasteiger partial charge < -0.3 is 10.6 Å². The number of anilines is 2. The van der Waals surface area contributed by atoms with E-state index in [4.69, 9.17) is 5.73 Å². The van der Waals surface area contributed by atoms with Gasteiger partial charge in [0.2, 0.25) is 0 Å². The fraction of sp³-hybridized carbons (Fsp3) is 0.444. The Kier molecular flexibility index (Phi) is 3.37. The van der Waals surface area contributed by atoms with Crippen molar-refractivity contribution in [2.75, 3.05) is 23.7 Å². The number of halogens is 1. The van der Waals surface area contributed by atoms with Crippen LogP contribution >= 0.6 is 12.4 Å². The number of pyridine rings is 1. The Morgan fingerprint density at radius 3 is 2.62 bits per heavy atom. The largest absolute Gasteiger partial charge is 0.396 e. The molecule has 1 aromatic rings. The third-order valence-corrected chi connectivity index (χ3v) is 2.22. The highest BCUT2D eigenvalue weighted by atomic mass is 35.5. The Labute approximate surface area is 84.4 Å². The molecule has 0 atom stereocenters. The first-order chi connectivity index (χ1) is 5.88. The van der Waals surface area contributed by atoms with E-state index in [1.54, 1.807) is 6.20 Å². The summed E-state index contributed by atoms with van der Waals surface area (Å²) >= 11 is 0. The Hall–Kier alpha value is -0.960. The molecular formula is C9H14ClN3. The van der Waals surface area contributed by atoms with Crippen LogP contribution in [-0.2, 0) is 0 Å². The van der Waals surface area contributed by atoms with Crippen molar-refractivity contribution in [3.05, 3.63) is 18.3 Å². The number of hydrogen-bond donors (Lipinski definition) is 1. The van der Waals surface area contributed by atoms with Crippen LogP contribution in [0, 0.1) is 0 Å². The molecule has 4 heteroatoms. The summed E-state index contributed by atoms with van der Waals surface area (Å²) in [5.41, 5.74) is 6.59. The molecule has 0 radical (unpaired) electrons. The topological polar surface area (TPSA) is 42.1 Å². The van der Waals surface area contributed by atoms with Crippen LogP contribution in [0.15, 0.2) is 18.3 Å². The first-order valence-corrected chi connectivity index (χ1v) is 4.33. The summed E-state index contributed by atoms with van der Waals surface area (Å²) in [5.74, 6) is 0.954. The molecule has 1 aromatic heterocycles. The SMILES string of the molecule is Cl.Nc1cccnc1N1CCCC1. The van der Waals surface area contributed by atoms with E-state index in [2.05, 4.69) is 9.88 Å². The van der Waals surface area contributed by atoms with Crippen molar-refractivity contribution in [1.29, 1.82) is 0 Å². The standard InChI is InChI=1S/C9H13N3.ClH/c10-8-4-3-5-11-9(8)12-6-1-2-7-12;/h3-5H,1-2,6-7,10H2;1H. The maximum atomic E-state index is 5.80. The molecular weight excluding hydrogens is 186 g/mol. The highest BCUT2D eigenvalue weighted by Crippen LogP contribution is 2.22. The van der Waals surface area contributed by atoms with E-state index in [-0.39, 0.29) is 12.4 Å². The molecule has 0 unspecified atom stereocenters. The summed E-state index contributed by atoms with van der Waals surface area (Å²) in [7, 11) is 0. The molecule has 1 saturated heterocycles. The predicted octanol–water partition coefficient (Wildman–Crippen LogP) is 1.69. The van der Waals surface area contributed by atoms with E-state index < -0.39 is 0 Å². The zero-order chi connectivity index (χ0) is 8.39. The van der Waals surface area contributed by atoms with E-state index in [1.165, 1.54) is 12.8 Å². The highest BCUT2D eigenvalue weighted by Gasteiger charge is 2.14. The number of aromatic nitrogens is 1. The molecule has 0 saturated carbocycles. The predicted molar refractivity (Wildman–Crippen MR) is 57.3 cm³/mol. The van der Waals surface area contributed by atoms with Crippen LogP contribution in [0.3, 0.4) is 0 Å². The lowest BCUT2D eigenvalue weighted by molar-refractivity contribution is 0.940. The van der Waals surface area contributed by atoms with Gasteiger partial charge in [-0.05, 0) is 25.0 Å². The second-order valence-electron chi connectivity index (χ2n) is 3.11. The third-order valence-electron chi connectivity index (χ3n) is 2.22. The fourth-order valence-electron chi connectivity index (χ4n) is 1.60. The highest BCUT2D eigenvalue weighted by molar-refractivity contribution is 5.85. The Morgan fingerprint density at radius 2 is 2.00 bits per heavy atom. The average Bonchev–Trinajstić information content (AvgIpc) is 2.57. The van der Waals surface area contributed by atoms with Crippen molar-refractivity contribution in [1.82, 2.24) is 4.98 Å². The number of nitrogens with zero attached hydrogens (tertiary/aromatic N) is 2. The van der Waals surface area contributed by atoms with Crippen LogP contribution < -0.4 is 10.6 Å². The van der Waals surface area contributed by atoms with Gasteiger partial charge in [0.25, 0.3) is 0 Å². The van der Waals surface area contributed by atoms with E-state index in [0.29, 0.717) is 0 Å². The van der Waals surface area contributed by atoms with Gasteiger partial charge in [-0.25, -0.2) is 4.98 Å². The van der Waals surface area contributed by atoms with E-state index in [9.17, 15) is 0 Å². The van der Waals surface area contributed by atoms with Gasteiger partial charge in [-0.2, -0.15) is 0 Å². The second-order valence-corrected chi connectivity index (χ2v) is 3.11. The van der Waals surface area contributed by atoms with Crippen molar-refractivity contribution in [2.24, 2.45) is 0 Å². The van der Waals surface area contributed by atoms with E-state index in [1.807, 2.05) is 12.1 Å². The van der Waals surface area contributed by atoms with Gasteiger partial charge in [0, 0.05) is 19.3 Å². The maximum absolute atomic E-state index is 5.80. The van der Waals surface area contributed by atoms with Gasteiger partial charge in [-0.1, -0.05) is 0 Å². The minimum absolute atomic E-state index is 0. The summed E-state index contributed by atoms with van der Waals surface area (Å²) in [6.07, 6.45) is 4.32. The molecule has 13 heavy (non-hydrogen) atoms. The molecule has 3 nitrogen and oxygen atoms in total. The molecule has 0 spiro atoms. The Bertz CT molecular complexity index is 271. The summed E-state index contributed by atoms with van der Waals surface area (Å²) in [5, 5.41) is 0.